The van der Waals surface area contributed by atoms with Gasteiger partial charge in [0, 0.05) is 25.9 Å². The second kappa shape index (κ2) is 6.44. The third kappa shape index (κ3) is 4.29. The Hall–Kier alpha value is -2.30. The fourth-order valence-corrected chi connectivity index (χ4v) is 1.34. The van der Waals surface area contributed by atoms with Gasteiger partial charge in [-0.2, -0.15) is 0 Å². The van der Waals surface area contributed by atoms with E-state index < -0.39 is 5.97 Å². The summed E-state index contributed by atoms with van der Waals surface area (Å²) in [6.07, 6.45) is 2.48. The number of aliphatic carboxylic acids is 1. The van der Waals surface area contributed by atoms with E-state index >= 15 is 0 Å². The van der Waals surface area contributed by atoms with Crippen molar-refractivity contribution in [1.29, 1.82) is 0 Å². The number of carboxylic acids is 1. The van der Waals surface area contributed by atoms with E-state index in [-0.39, 0.29) is 6.61 Å². The average Bonchev–Trinajstić information content (AvgIpc) is 2.34. The number of carbonyl (C=O) groups is 2. The maximum absolute atomic E-state index is 10.9. The Morgan fingerprint density at radius 1 is 1.33 bits per heavy atom. The van der Waals surface area contributed by atoms with Gasteiger partial charge in [-0.25, -0.2) is 4.79 Å². The zero-order chi connectivity index (χ0) is 13.5. The molecular formula is C13H15NO4. The van der Waals surface area contributed by atoms with Crippen LogP contribution in [0.25, 0.3) is 5.57 Å². The molecule has 0 fully saturated rings. The number of rotatable bonds is 6. The van der Waals surface area contributed by atoms with Crippen molar-refractivity contribution < 1.29 is 19.4 Å². The van der Waals surface area contributed by atoms with Crippen molar-refractivity contribution in [1.82, 2.24) is 4.90 Å². The Morgan fingerprint density at radius 2 is 1.94 bits per heavy atom. The summed E-state index contributed by atoms with van der Waals surface area (Å²) in [7, 11) is 3.65. The van der Waals surface area contributed by atoms with Crippen LogP contribution < -0.4 is 4.74 Å². The molecule has 0 saturated carbocycles. The van der Waals surface area contributed by atoms with Gasteiger partial charge < -0.3 is 14.7 Å². The third-order valence-corrected chi connectivity index (χ3v) is 2.07. The highest BCUT2D eigenvalue weighted by Gasteiger charge is 2.03. The predicted octanol–water partition coefficient (Wildman–Crippen LogP) is 1.25. The van der Waals surface area contributed by atoms with Gasteiger partial charge in [-0.3, -0.25) is 4.79 Å². The number of carboxylic acid groups (broad SMARTS) is 1. The van der Waals surface area contributed by atoms with Crippen molar-refractivity contribution in [2.45, 2.75) is 0 Å². The third-order valence-electron chi connectivity index (χ3n) is 2.07. The molecule has 0 atom stereocenters. The van der Waals surface area contributed by atoms with Crippen molar-refractivity contribution in [2.75, 3.05) is 20.7 Å². The molecule has 0 spiro atoms. The Balaban J connectivity index is 2.81. The molecule has 1 aromatic rings. The summed E-state index contributed by atoms with van der Waals surface area (Å²) in [6.45, 7) is -0.382. The molecule has 1 aromatic carbocycles. The van der Waals surface area contributed by atoms with Crippen LogP contribution in [0.3, 0.4) is 0 Å². The first kappa shape index (κ1) is 13.8. The largest absolute Gasteiger partial charge is 0.482 e. The van der Waals surface area contributed by atoms with Crippen LogP contribution >= 0.6 is 0 Å². The molecule has 0 aliphatic rings. The molecule has 18 heavy (non-hydrogen) atoms. The molecule has 96 valence electrons. The first-order chi connectivity index (χ1) is 8.52. The predicted molar refractivity (Wildman–Crippen MR) is 67.3 cm³/mol. The molecule has 0 amide bonds. The first-order valence-electron chi connectivity index (χ1n) is 5.31. The van der Waals surface area contributed by atoms with Gasteiger partial charge in [-0.05, 0) is 17.7 Å². The van der Waals surface area contributed by atoms with Gasteiger partial charge >= 0.3 is 5.97 Å². The number of benzene rings is 1. The number of ether oxygens (including phenoxy) is 1. The smallest absolute Gasteiger partial charge is 0.341 e. The SMILES string of the molecule is CN(C)/C=C(\C=O)c1ccc(OCC(=O)O)cc1. The maximum atomic E-state index is 10.9. The Kier molecular flexibility index (Phi) is 4.92. The van der Waals surface area contributed by atoms with E-state index in [0.717, 1.165) is 11.8 Å². The standard InChI is InChI=1S/C13H15NO4/c1-14(2)7-11(8-15)10-3-5-12(6-4-10)18-9-13(16)17/h3-8H,9H2,1-2H3,(H,16,17)/b11-7+. The van der Waals surface area contributed by atoms with Crippen LogP contribution in [0.1, 0.15) is 5.56 Å². The molecule has 0 aliphatic heterocycles. The number of carbonyl (C=O) groups excluding carboxylic acids is 1. The molecule has 0 unspecified atom stereocenters. The van der Waals surface area contributed by atoms with E-state index in [1.165, 1.54) is 0 Å². The zero-order valence-electron chi connectivity index (χ0n) is 10.3. The lowest BCUT2D eigenvalue weighted by Gasteiger charge is -2.08. The first-order valence-corrected chi connectivity index (χ1v) is 5.31. The second-order valence-electron chi connectivity index (χ2n) is 3.87. The van der Waals surface area contributed by atoms with Crippen molar-refractivity contribution in [3.63, 3.8) is 0 Å². The quantitative estimate of drug-likeness (QED) is 0.607. The molecule has 1 rings (SSSR count). The summed E-state index contributed by atoms with van der Waals surface area (Å²) >= 11 is 0. The summed E-state index contributed by atoms with van der Waals surface area (Å²) in [6, 6.07) is 6.68. The Bertz CT molecular complexity index is 449. The molecule has 0 radical (unpaired) electrons. The number of nitrogens with zero attached hydrogens (tertiary/aromatic N) is 1. The second-order valence-corrected chi connectivity index (χ2v) is 3.87. The summed E-state index contributed by atoms with van der Waals surface area (Å²) in [5, 5.41) is 8.47. The van der Waals surface area contributed by atoms with Gasteiger partial charge in [-0.15, -0.1) is 0 Å². The Labute approximate surface area is 105 Å². The van der Waals surface area contributed by atoms with Crippen molar-refractivity contribution in [3.05, 3.63) is 36.0 Å². The van der Waals surface area contributed by atoms with Gasteiger partial charge in [0.25, 0.3) is 0 Å². The molecule has 0 heterocycles. The van der Waals surface area contributed by atoms with Crippen molar-refractivity contribution in [3.8, 4) is 5.75 Å². The lowest BCUT2D eigenvalue weighted by molar-refractivity contribution is -0.139. The molecule has 1 N–H and O–H groups in total. The van der Waals surface area contributed by atoms with Gasteiger partial charge in [0.05, 0.1) is 0 Å². The molecular weight excluding hydrogens is 234 g/mol. The summed E-state index contributed by atoms with van der Waals surface area (Å²) in [5.41, 5.74) is 1.30. The molecule has 5 heteroatoms. The van der Waals surface area contributed by atoms with E-state index in [1.807, 2.05) is 14.1 Å². The minimum Gasteiger partial charge on any atom is -0.482 e. The summed E-state index contributed by atoms with van der Waals surface area (Å²) in [4.78, 5) is 23.0. The lowest BCUT2D eigenvalue weighted by Crippen LogP contribution is -2.09. The average molecular weight is 249 g/mol. The number of hydrogen-bond donors (Lipinski definition) is 1. The van der Waals surface area contributed by atoms with E-state index in [9.17, 15) is 9.59 Å². The van der Waals surface area contributed by atoms with E-state index in [4.69, 9.17) is 9.84 Å². The number of allylic oxidation sites excluding steroid dienone is 1. The molecule has 5 nitrogen and oxygen atoms in total. The maximum Gasteiger partial charge on any atom is 0.341 e. The van der Waals surface area contributed by atoms with E-state index in [1.54, 1.807) is 35.4 Å². The number of aldehydes is 1. The molecule has 0 aliphatic carbocycles. The Morgan fingerprint density at radius 3 is 2.39 bits per heavy atom. The highest BCUT2D eigenvalue weighted by Crippen LogP contribution is 2.17. The molecule has 0 bridgehead atoms. The van der Waals surface area contributed by atoms with Crippen LogP contribution in [0.15, 0.2) is 30.5 Å². The highest BCUT2D eigenvalue weighted by molar-refractivity contribution is 6.06. The van der Waals surface area contributed by atoms with Crippen molar-refractivity contribution >= 4 is 17.8 Å². The van der Waals surface area contributed by atoms with Crippen molar-refractivity contribution in [2.24, 2.45) is 0 Å². The van der Waals surface area contributed by atoms with Crippen LogP contribution in [0, 0.1) is 0 Å². The minimum absolute atomic E-state index is 0.382. The van der Waals surface area contributed by atoms with Gasteiger partial charge in [0.2, 0.25) is 0 Å². The van der Waals surface area contributed by atoms with Gasteiger partial charge in [0.15, 0.2) is 12.9 Å². The van der Waals surface area contributed by atoms with Crippen LogP contribution in [0.5, 0.6) is 5.75 Å². The summed E-state index contributed by atoms with van der Waals surface area (Å²) in [5.74, 6) is -0.573. The molecule has 0 saturated heterocycles. The fourth-order valence-electron chi connectivity index (χ4n) is 1.34. The van der Waals surface area contributed by atoms with Crippen LogP contribution in [-0.2, 0) is 9.59 Å². The summed E-state index contributed by atoms with van der Waals surface area (Å²) < 4.78 is 5.00. The van der Waals surface area contributed by atoms with Crippen LogP contribution in [-0.4, -0.2) is 43.0 Å². The monoisotopic (exact) mass is 249 g/mol. The normalized spacial score (nSPS) is 10.9. The van der Waals surface area contributed by atoms with Crippen LogP contribution in [0.4, 0.5) is 0 Å². The highest BCUT2D eigenvalue weighted by atomic mass is 16.5. The minimum atomic E-state index is -1.03. The van der Waals surface area contributed by atoms with E-state index in [2.05, 4.69) is 0 Å². The van der Waals surface area contributed by atoms with Crippen LogP contribution in [0.2, 0.25) is 0 Å². The van der Waals surface area contributed by atoms with E-state index in [0.29, 0.717) is 11.3 Å². The molecule has 0 aromatic heterocycles. The van der Waals surface area contributed by atoms with Gasteiger partial charge in [-0.1, -0.05) is 12.1 Å². The number of hydrogen-bond acceptors (Lipinski definition) is 4. The zero-order valence-corrected chi connectivity index (χ0v) is 10.3. The fraction of sp³-hybridized carbons (Fsp3) is 0.231. The van der Waals surface area contributed by atoms with Gasteiger partial charge in [0.1, 0.15) is 5.75 Å². The topological polar surface area (TPSA) is 66.8 Å². The lowest BCUT2D eigenvalue weighted by atomic mass is 10.1.